The Morgan fingerprint density at radius 3 is 2.59 bits per heavy atom. The lowest BCUT2D eigenvalue weighted by Gasteiger charge is -2.38. The maximum absolute atomic E-state index is 13.2. The summed E-state index contributed by atoms with van der Waals surface area (Å²) in [6.07, 6.45) is -3.33. The van der Waals surface area contributed by atoms with Crippen molar-refractivity contribution in [3.8, 4) is 0 Å². The summed E-state index contributed by atoms with van der Waals surface area (Å²) in [5.41, 5.74) is 0.733. The minimum atomic E-state index is -2.93. The molecule has 0 radical (unpaired) electrons. The molecule has 1 amide bonds. The minimum Gasteiger partial charge on any atom is -0.481 e. The van der Waals surface area contributed by atoms with Crippen LogP contribution in [0.15, 0.2) is 30.3 Å². The molecule has 1 fully saturated rings. The van der Waals surface area contributed by atoms with E-state index in [0.29, 0.717) is 6.42 Å². The molecule has 0 aromatic heterocycles. The highest BCUT2D eigenvalue weighted by molar-refractivity contribution is 5.74. The second kappa shape index (κ2) is 7.20. The smallest absolute Gasteiger partial charge is 0.410 e. The summed E-state index contributed by atoms with van der Waals surface area (Å²) in [4.78, 5) is 24.0. The summed E-state index contributed by atoms with van der Waals surface area (Å²) in [6.45, 7) is 0.0380. The Balaban J connectivity index is 2.04. The Labute approximate surface area is 126 Å². The van der Waals surface area contributed by atoms with E-state index in [2.05, 4.69) is 0 Å². The number of carboxylic acids is 1. The second-order valence-corrected chi connectivity index (χ2v) is 5.15. The van der Waals surface area contributed by atoms with Crippen molar-refractivity contribution in [1.29, 1.82) is 0 Å². The average molecular weight is 313 g/mol. The molecule has 2 atom stereocenters. The zero-order valence-corrected chi connectivity index (χ0v) is 11.8. The van der Waals surface area contributed by atoms with Crippen LogP contribution in [0.5, 0.6) is 0 Å². The summed E-state index contributed by atoms with van der Waals surface area (Å²) in [6, 6.07) is 7.19. The van der Waals surface area contributed by atoms with Crippen LogP contribution >= 0.6 is 0 Å². The molecule has 120 valence electrons. The summed E-state index contributed by atoms with van der Waals surface area (Å²) in [5.74, 6) is -2.58. The molecule has 1 saturated heterocycles. The Kier molecular flexibility index (Phi) is 5.30. The summed E-state index contributed by atoms with van der Waals surface area (Å²) in [5, 5.41) is 9.05. The molecule has 7 heteroatoms. The van der Waals surface area contributed by atoms with Gasteiger partial charge in [-0.25, -0.2) is 13.6 Å². The van der Waals surface area contributed by atoms with Crippen molar-refractivity contribution in [3.05, 3.63) is 35.9 Å². The van der Waals surface area contributed by atoms with E-state index in [9.17, 15) is 18.4 Å². The van der Waals surface area contributed by atoms with Crippen molar-refractivity contribution in [1.82, 2.24) is 4.90 Å². The van der Waals surface area contributed by atoms with Gasteiger partial charge in [0.15, 0.2) is 0 Å². The van der Waals surface area contributed by atoms with Gasteiger partial charge in [-0.15, -0.1) is 0 Å². The molecule has 1 N–H and O–H groups in total. The molecule has 1 aliphatic rings. The Bertz CT molecular complexity index is 524. The maximum Gasteiger partial charge on any atom is 0.410 e. The second-order valence-electron chi connectivity index (χ2n) is 5.15. The number of piperidine rings is 1. The Morgan fingerprint density at radius 2 is 2.00 bits per heavy atom. The van der Waals surface area contributed by atoms with E-state index >= 15 is 0 Å². The number of ether oxygens (including phenoxy) is 1. The monoisotopic (exact) mass is 313 g/mol. The molecular weight excluding hydrogens is 296 g/mol. The first-order chi connectivity index (χ1) is 10.5. The van der Waals surface area contributed by atoms with E-state index in [1.807, 2.05) is 0 Å². The number of hydrogen-bond donors (Lipinski definition) is 1. The summed E-state index contributed by atoms with van der Waals surface area (Å²) in [7, 11) is 0. The molecule has 5 nitrogen and oxygen atoms in total. The number of alkyl halides is 2. The van der Waals surface area contributed by atoms with Gasteiger partial charge in [-0.2, -0.15) is 0 Å². The van der Waals surface area contributed by atoms with Gasteiger partial charge in [-0.3, -0.25) is 9.69 Å². The predicted octanol–water partition coefficient (Wildman–Crippen LogP) is 2.75. The van der Waals surface area contributed by atoms with Gasteiger partial charge in [0.05, 0.1) is 5.92 Å². The van der Waals surface area contributed by atoms with Gasteiger partial charge in [0, 0.05) is 6.54 Å². The molecule has 1 aromatic carbocycles. The number of aliphatic carboxylic acids is 1. The van der Waals surface area contributed by atoms with Crippen LogP contribution in [0.25, 0.3) is 0 Å². The first kappa shape index (κ1) is 16.2. The number of halogens is 2. The van der Waals surface area contributed by atoms with Gasteiger partial charge in [0.25, 0.3) is 6.43 Å². The lowest BCUT2D eigenvalue weighted by Crippen LogP contribution is -2.54. The van der Waals surface area contributed by atoms with Crippen molar-refractivity contribution in [2.24, 2.45) is 5.92 Å². The third-order valence-corrected chi connectivity index (χ3v) is 3.70. The Morgan fingerprint density at radius 1 is 1.32 bits per heavy atom. The molecule has 0 saturated carbocycles. The summed E-state index contributed by atoms with van der Waals surface area (Å²) >= 11 is 0. The molecule has 0 unspecified atom stereocenters. The highest BCUT2D eigenvalue weighted by Crippen LogP contribution is 2.29. The third kappa shape index (κ3) is 3.72. The van der Waals surface area contributed by atoms with E-state index in [4.69, 9.17) is 9.84 Å². The lowest BCUT2D eigenvalue weighted by molar-refractivity contribution is -0.149. The van der Waals surface area contributed by atoms with Gasteiger partial charge in [0.1, 0.15) is 12.6 Å². The first-order valence-electron chi connectivity index (χ1n) is 6.99. The van der Waals surface area contributed by atoms with Gasteiger partial charge in [0.2, 0.25) is 0 Å². The van der Waals surface area contributed by atoms with Crippen molar-refractivity contribution >= 4 is 12.1 Å². The van der Waals surface area contributed by atoms with E-state index in [0.717, 1.165) is 10.5 Å². The van der Waals surface area contributed by atoms with E-state index in [1.54, 1.807) is 30.3 Å². The van der Waals surface area contributed by atoms with Crippen molar-refractivity contribution in [3.63, 3.8) is 0 Å². The number of carboxylic acid groups (broad SMARTS) is 1. The van der Waals surface area contributed by atoms with Crippen LogP contribution in [0.3, 0.4) is 0 Å². The van der Waals surface area contributed by atoms with Crippen molar-refractivity contribution in [2.45, 2.75) is 31.9 Å². The van der Waals surface area contributed by atoms with Gasteiger partial charge < -0.3 is 9.84 Å². The number of carbonyl (C=O) groups is 2. The molecule has 1 aliphatic heterocycles. The van der Waals surface area contributed by atoms with Gasteiger partial charge >= 0.3 is 12.1 Å². The molecule has 1 heterocycles. The molecular formula is C15H17F2NO4. The molecule has 1 aromatic rings. The van der Waals surface area contributed by atoms with Gasteiger partial charge in [-0.1, -0.05) is 30.3 Å². The zero-order chi connectivity index (χ0) is 16.1. The van der Waals surface area contributed by atoms with E-state index < -0.39 is 30.4 Å². The molecule has 22 heavy (non-hydrogen) atoms. The predicted molar refractivity (Wildman–Crippen MR) is 73.5 cm³/mol. The highest BCUT2D eigenvalue weighted by atomic mass is 19.3. The Hall–Kier alpha value is -2.18. The van der Waals surface area contributed by atoms with E-state index in [1.165, 1.54) is 0 Å². The molecule has 2 rings (SSSR count). The molecule has 0 aliphatic carbocycles. The standard InChI is InChI=1S/C15H17F2NO4/c16-13(17)12-11(14(19)20)7-4-8-18(12)15(21)22-9-10-5-2-1-3-6-10/h1-3,5-6,11-13H,4,7-9H2,(H,19,20)/t11-,12+/m0/s1. The molecule has 0 bridgehead atoms. The van der Waals surface area contributed by atoms with Crippen LogP contribution in [0.4, 0.5) is 13.6 Å². The van der Waals surface area contributed by atoms with Crippen LogP contribution < -0.4 is 0 Å². The topological polar surface area (TPSA) is 66.8 Å². The number of likely N-dealkylation sites (tertiary alicyclic amines) is 1. The van der Waals surface area contributed by atoms with E-state index in [-0.39, 0.29) is 19.6 Å². The fourth-order valence-electron chi connectivity index (χ4n) is 2.61. The maximum atomic E-state index is 13.2. The number of rotatable bonds is 4. The first-order valence-corrected chi connectivity index (χ1v) is 6.99. The largest absolute Gasteiger partial charge is 0.481 e. The van der Waals surface area contributed by atoms with Gasteiger partial charge in [-0.05, 0) is 18.4 Å². The SMILES string of the molecule is O=C(O)[C@H]1CCCN(C(=O)OCc2ccccc2)[C@H]1C(F)F. The number of carbonyl (C=O) groups excluding carboxylic acids is 1. The normalized spacial score (nSPS) is 21.7. The van der Waals surface area contributed by atoms with Crippen LogP contribution in [-0.2, 0) is 16.1 Å². The average Bonchev–Trinajstić information content (AvgIpc) is 2.52. The van der Waals surface area contributed by atoms with Crippen LogP contribution in [0, 0.1) is 5.92 Å². The molecule has 0 spiro atoms. The fourth-order valence-corrected chi connectivity index (χ4v) is 2.61. The number of amides is 1. The number of hydrogen-bond acceptors (Lipinski definition) is 3. The quantitative estimate of drug-likeness (QED) is 0.928. The lowest BCUT2D eigenvalue weighted by atomic mass is 9.89. The zero-order valence-electron chi connectivity index (χ0n) is 11.8. The summed E-state index contributed by atoms with van der Waals surface area (Å²) < 4.78 is 31.4. The van der Waals surface area contributed by atoms with Crippen LogP contribution in [-0.4, -0.2) is 41.1 Å². The minimum absolute atomic E-state index is 0.0378. The highest BCUT2D eigenvalue weighted by Gasteiger charge is 2.44. The van der Waals surface area contributed by atoms with Crippen molar-refractivity contribution < 1.29 is 28.2 Å². The fraction of sp³-hybridized carbons (Fsp3) is 0.467. The third-order valence-electron chi connectivity index (χ3n) is 3.70. The number of benzene rings is 1. The van der Waals surface area contributed by atoms with Crippen LogP contribution in [0.1, 0.15) is 18.4 Å². The number of nitrogens with zero attached hydrogens (tertiary/aromatic N) is 1. The van der Waals surface area contributed by atoms with Crippen molar-refractivity contribution in [2.75, 3.05) is 6.54 Å². The van der Waals surface area contributed by atoms with Crippen LogP contribution in [0.2, 0.25) is 0 Å².